The van der Waals surface area contributed by atoms with Crippen LogP contribution in [0, 0.1) is 0 Å². The number of unbranched alkanes of at least 4 members (excludes halogenated alkanes) is 5. The average Bonchev–Trinajstić information content (AvgIpc) is 2.75. The van der Waals surface area contributed by atoms with Gasteiger partial charge in [-0.3, -0.25) is 0 Å². The molecule has 0 aliphatic rings. The van der Waals surface area contributed by atoms with E-state index in [1.165, 1.54) is 31.9 Å². The number of hydrogen-bond donors (Lipinski definition) is 1. The van der Waals surface area contributed by atoms with Crippen molar-refractivity contribution in [3.63, 3.8) is 0 Å². The first-order valence-corrected chi connectivity index (χ1v) is 8.85. The standard InChI is InChI=1S/C11H19ClN2O2S2/c1-2-3-4-5-6-7-8-14-18(15,16)10-9-13-11(12)17-10/h9,14H,2-8H2,1H3. The third-order valence-corrected chi connectivity index (χ3v) is 5.58. The van der Waals surface area contributed by atoms with E-state index < -0.39 is 10.0 Å². The fourth-order valence-corrected chi connectivity index (χ4v) is 3.96. The van der Waals surface area contributed by atoms with Crippen molar-refractivity contribution < 1.29 is 8.42 Å². The SMILES string of the molecule is CCCCCCCCNS(=O)(=O)c1cnc(Cl)s1. The van der Waals surface area contributed by atoms with Gasteiger partial charge in [0.15, 0.2) is 8.68 Å². The number of rotatable bonds is 9. The van der Waals surface area contributed by atoms with Crippen LogP contribution in [0.1, 0.15) is 45.4 Å². The fraction of sp³-hybridized carbons (Fsp3) is 0.727. The van der Waals surface area contributed by atoms with Crippen LogP contribution in [0.4, 0.5) is 0 Å². The highest BCUT2D eigenvalue weighted by Crippen LogP contribution is 2.22. The van der Waals surface area contributed by atoms with Gasteiger partial charge in [0.05, 0.1) is 6.20 Å². The van der Waals surface area contributed by atoms with Gasteiger partial charge in [0, 0.05) is 6.54 Å². The molecule has 0 radical (unpaired) electrons. The monoisotopic (exact) mass is 310 g/mol. The van der Waals surface area contributed by atoms with E-state index in [2.05, 4.69) is 16.6 Å². The molecule has 18 heavy (non-hydrogen) atoms. The largest absolute Gasteiger partial charge is 0.251 e. The summed E-state index contributed by atoms with van der Waals surface area (Å²) in [5.74, 6) is 0. The van der Waals surface area contributed by atoms with Gasteiger partial charge in [0.2, 0.25) is 0 Å². The molecular formula is C11H19ClN2O2S2. The zero-order valence-corrected chi connectivity index (χ0v) is 12.9. The van der Waals surface area contributed by atoms with Crippen molar-refractivity contribution in [2.45, 2.75) is 49.7 Å². The van der Waals surface area contributed by atoms with Gasteiger partial charge in [-0.1, -0.05) is 62.0 Å². The van der Waals surface area contributed by atoms with Gasteiger partial charge >= 0.3 is 0 Å². The highest BCUT2D eigenvalue weighted by atomic mass is 35.5. The second kappa shape index (κ2) is 8.09. The van der Waals surface area contributed by atoms with Crippen molar-refractivity contribution >= 4 is 33.0 Å². The molecule has 1 rings (SSSR count). The Balaban J connectivity index is 2.22. The summed E-state index contributed by atoms with van der Waals surface area (Å²) in [4.78, 5) is 3.73. The van der Waals surface area contributed by atoms with Crippen molar-refractivity contribution in [2.75, 3.05) is 6.54 Å². The summed E-state index contributed by atoms with van der Waals surface area (Å²) < 4.78 is 26.6. The Labute approximate surface area is 118 Å². The molecule has 0 unspecified atom stereocenters. The van der Waals surface area contributed by atoms with Crippen molar-refractivity contribution in [1.29, 1.82) is 0 Å². The van der Waals surface area contributed by atoms with Gasteiger partial charge in [-0.05, 0) is 6.42 Å². The molecule has 0 aromatic carbocycles. The quantitative estimate of drug-likeness (QED) is 0.711. The minimum absolute atomic E-state index is 0.179. The first kappa shape index (κ1) is 15.9. The van der Waals surface area contributed by atoms with E-state index in [9.17, 15) is 8.42 Å². The highest BCUT2D eigenvalue weighted by Gasteiger charge is 2.16. The highest BCUT2D eigenvalue weighted by molar-refractivity contribution is 7.91. The van der Waals surface area contributed by atoms with E-state index in [4.69, 9.17) is 11.6 Å². The van der Waals surface area contributed by atoms with Gasteiger partial charge in [-0.2, -0.15) is 0 Å². The molecule has 0 saturated carbocycles. The van der Waals surface area contributed by atoms with Crippen LogP contribution in [0.15, 0.2) is 10.4 Å². The second-order valence-electron chi connectivity index (χ2n) is 4.10. The van der Waals surface area contributed by atoms with Gasteiger partial charge in [0.25, 0.3) is 10.0 Å². The van der Waals surface area contributed by atoms with Crippen molar-refractivity contribution in [2.24, 2.45) is 0 Å². The molecule has 1 N–H and O–H groups in total. The van der Waals surface area contributed by atoms with Gasteiger partial charge in [-0.15, -0.1) is 0 Å². The summed E-state index contributed by atoms with van der Waals surface area (Å²) >= 11 is 6.59. The number of hydrogen-bond acceptors (Lipinski definition) is 4. The molecule has 4 nitrogen and oxygen atoms in total. The Bertz CT molecular complexity index is 446. The van der Waals surface area contributed by atoms with Crippen LogP contribution in [0.5, 0.6) is 0 Å². The predicted octanol–water partition coefficient (Wildman–Crippen LogP) is 3.44. The first-order chi connectivity index (χ1) is 8.56. The fourth-order valence-electron chi connectivity index (χ4n) is 1.55. The zero-order chi connectivity index (χ0) is 13.4. The Morgan fingerprint density at radius 1 is 1.28 bits per heavy atom. The normalized spacial score (nSPS) is 11.9. The van der Waals surface area contributed by atoms with E-state index in [0.717, 1.165) is 24.2 Å². The van der Waals surface area contributed by atoms with E-state index >= 15 is 0 Å². The summed E-state index contributed by atoms with van der Waals surface area (Å²) in [6.45, 7) is 2.65. The maximum absolute atomic E-state index is 11.8. The lowest BCUT2D eigenvalue weighted by molar-refractivity contribution is 0.569. The average molecular weight is 311 g/mol. The van der Waals surface area contributed by atoms with Crippen LogP contribution in [0.2, 0.25) is 4.47 Å². The Kier molecular flexibility index (Phi) is 7.14. The minimum Gasteiger partial charge on any atom is -0.232 e. The van der Waals surface area contributed by atoms with Crippen LogP contribution in [-0.2, 0) is 10.0 Å². The lowest BCUT2D eigenvalue weighted by Crippen LogP contribution is -2.23. The molecule has 0 bridgehead atoms. The molecule has 1 heterocycles. The molecule has 7 heteroatoms. The molecule has 1 aromatic rings. The lowest BCUT2D eigenvalue weighted by Gasteiger charge is -2.04. The van der Waals surface area contributed by atoms with Gasteiger partial charge in [-0.25, -0.2) is 18.1 Å². The summed E-state index contributed by atoms with van der Waals surface area (Å²) in [6.07, 6.45) is 8.09. The first-order valence-electron chi connectivity index (χ1n) is 6.17. The molecule has 0 atom stereocenters. The van der Waals surface area contributed by atoms with Crippen LogP contribution in [0.25, 0.3) is 0 Å². The van der Waals surface area contributed by atoms with Crippen LogP contribution < -0.4 is 4.72 Å². The van der Waals surface area contributed by atoms with E-state index in [1.54, 1.807) is 0 Å². The van der Waals surface area contributed by atoms with Crippen LogP contribution in [-0.4, -0.2) is 19.9 Å². The smallest absolute Gasteiger partial charge is 0.232 e. The molecule has 0 fully saturated rings. The summed E-state index contributed by atoms with van der Waals surface area (Å²) in [5.41, 5.74) is 0. The summed E-state index contributed by atoms with van der Waals surface area (Å²) in [5, 5.41) is 0. The number of halogens is 1. The predicted molar refractivity (Wildman–Crippen MR) is 75.7 cm³/mol. The van der Waals surface area contributed by atoms with Crippen molar-refractivity contribution in [3.05, 3.63) is 10.7 Å². The molecule has 0 saturated heterocycles. The third-order valence-electron chi connectivity index (χ3n) is 2.54. The Morgan fingerprint density at radius 2 is 1.94 bits per heavy atom. The Morgan fingerprint density at radius 3 is 2.56 bits per heavy atom. The van der Waals surface area contributed by atoms with Gasteiger partial charge < -0.3 is 0 Å². The van der Waals surface area contributed by atoms with E-state index in [-0.39, 0.29) is 8.68 Å². The summed E-state index contributed by atoms with van der Waals surface area (Å²) in [7, 11) is -3.42. The molecular weight excluding hydrogens is 292 g/mol. The second-order valence-corrected chi connectivity index (χ2v) is 7.70. The summed E-state index contributed by atoms with van der Waals surface area (Å²) in [6, 6.07) is 0. The van der Waals surface area contributed by atoms with Crippen LogP contribution >= 0.6 is 22.9 Å². The lowest BCUT2D eigenvalue weighted by atomic mass is 10.1. The topological polar surface area (TPSA) is 59.1 Å². The number of sulfonamides is 1. The number of nitrogens with zero attached hydrogens (tertiary/aromatic N) is 1. The third kappa shape index (κ3) is 5.65. The Hall–Kier alpha value is -0.170. The van der Waals surface area contributed by atoms with E-state index in [1.807, 2.05) is 0 Å². The van der Waals surface area contributed by atoms with E-state index in [0.29, 0.717) is 6.54 Å². The maximum Gasteiger partial charge on any atom is 0.251 e. The minimum atomic E-state index is -3.42. The maximum atomic E-state index is 11.8. The molecule has 0 aliphatic carbocycles. The van der Waals surface area contributed by atoms with Crippen molar-refractivity contribution in [1.82, 2.24) is 9.71 Å². The number of nitrogens with one attached hydrogen (secondary N) is 1. The van der Waals surface area contributed by atoms with Gasteiger partial charge in [0.1, 0.15) is 0 Å². The van der Waals surface area contributed by atoms with Crippen LogP contribution in [0.3, 0.4) is 0 Å². The molecule has 0 amide bonds. The molecule has 1 aromatic heterocycles. The molecule has 104 valence electrons. The van der Waals surface area contributed by atoms with Crippen molar-refractivity contribution in [3.8, 4) is 0 Å². The number of thiazole rings is 1. The zero-order valence-electron chi connectivity index (χ0n) is 10.5. The number of aromatic nitrogens is 1. The molecule has 0 spiro atoms. The molecule has 0 aliphatic heterocycles.